The molecule has 1 aliphatic heterocycles. The van der Waals surface area contributed by atoms with Gasteiger partial charge in [0.05, 0.1) is 5.37 Å². The van der Waals surface area contributed by atoms with Gasteiger partial charge in [0.2, 0.25) is 0 Å². The fraction of sp³-hybridized carbons (Fsp3) is 0.250. The molecule has 19 heavy (non-hydrogen) atoms. The van der Waals surface area contributed by atoms with Crippen LogP contribution in [-0.2, 0) is 6.42 Å². The summed E-state index contributed by atoms with van der Waals surface area (Å²) >= 11 is 1.97. The number of hydrogen-bond donors (Lipinski definition) is 2. The van der Waals surface area contributed by atoms with Crippen LogP contribution in [0.1, 0.15) is 5.56 Å². The van der Waals surface area contributed by atoms with E-state index in [9.17, 15) is 5.11 Å². The van der Waals surface area contributed by atoms with Gasteiger partial charge in [-0.05, 0) is 23.6 Å². The molecule has 98 valence electrons. The van der Waals surface area contributed by atoms with E-state index in [1.807, 2.05) is 36.0 Å². The Morgan fingerprint density at radius 1 is 1.05 bits per heavy atom. The van der Waals surface area contributed by atoms with Gasteiger partial charge in [-0.2, -0.15) is 0 Å². The quantitative estimate of drug-likeness (QED) is 0.898. The van der Waals surface area contributed by atoms with Crippen LogP contribution >= 0.6 is 11.8 Å². The summed E-state index contributed by atoms with van der Waals surface area (Å²) in [5.74, 6) is 1.53. The highest BCUT2D eigenvalue weighted by molar-refractivity contribution is 8.00. The number of thioether (sulfide) groups is 1. The van der Waals surface area contributed by atoms with E-state index >= 15 is 0 Å². The van der Waals surface area contributed by atoms with Crippen molar-refractivity contribution in [2.45, 2.75) is 11.8 Å². The Bertz CT molecular complexity index is 564. The predicted octanol–water partition coefficient (Wildman–Crippen LogP) is 3.26. The van der Waals surface area contributed by atoms with E-state index in [-0.39, 0.29) is 0 Å². The molecule has 2 aromatic carbocycles. The molecular weight excluding hydrogens is 254 g/mol. The average molecular weight is 271 g/mol. The molecule has 0 aliphatic carbocycles. The summed E-state index contributed by atoms with van der Waals surface area (Å²) in [6, 6.07) is 15.9. The zero-order valence-corrected chi connectivity index (χ0v) is 11.5. The lowest BCUT2D eigenvalue weighted by Crippen LogP contribution is -2.22. The minimum absolute atomic E-state index is 0.349. The summed E-state index contributed by atoms with van der Waals surface area (Å²) in [7, 11) is 0. The van der Waals surface area contributed by atoms with Crippen molar-refractivity contribution in [3.63, 3.8) is 0 Å². The van der Waals surface area contributed by atoms with E-state index in [0.29, 0.717) is 11.1 Å². The van der Waals surface area contributed by atoms with Crippen molar-refractivity contribution < 1.29 is 5.11 Å². The van der Waals surface area contributed by atoms with Crippen molar-refractivity contribution in [1.29, 1.82) is 0 Å². The first-order chi connectivity index (χ1) is 9.34. The largest absolute Gasteiger partial charge is 0.507 e. The third-order valence-corrected chi connectivity index (χ3v) is 4.59. The van der Waals surface area contributed by atoms with Crippen molar-refractivity contribution in [2.75, 3.05) is 12.3 Å². The summed E-state index contributed by atoms with van der Waals surface area (Å²) in [6.07, 6.45) is 0.995. The molecule has 1 heterocycles. The minimum atomic E-state index is 0.349. The fourth-order valence-corrected chi connectivity index (χ4v) is 3.53. The molecule has 1 fully saturated rings. The van der Waals surface area contributed by atoms with E-state index in [2.05, 4.69) is 23.5 Å². The maximum atomic E-state index is 10.0. The van der Waals surface area contributed by atoms with Crippen LogP contribution in [0.2, 0.25) is 0 Å². The Kier molecular flexibility index (Phi) is 3.76. The second-order valence-corrected chi connectivity index (χ2v) is 6.00. The fourth-order valence-electron chi connectivity index (χ4n) is 2.47. The zero-order valence-electron chi connectivity index (χ0n) is 10.7. The zero-order chi connectivity index (χ0) is 13.1. The van der Waals surface area contributed by atoms with Crippen molar-refractivity contribution in [3.05, 3.63) is 54.1 Å². The number of phenolic OH excluding ortho intramolecular Hbond substituents is 1. The monoisotopic (exact) mass is 271 g/mol. The lowest BCUT2D eigenvalue weighted by molar-refractivity contribution is 0.477. The Morgan fingerprint density at radius 2 is 1.79 bits per heavy atom. The minimum Gasteiger partial charge on any atom is -0.507 e. The number of aromatic hydroxyl groups is 1. The lowest BCUT2D eigenvalue weighted by atomic mass is 9.97. The molecule has 0 bridgehead atoms. The first kappa shape index (κ1) is 12.6. The second-order valence-electron chi connectivity index (χ2n) is 4.69. The summed E-state index contributed by atoms with van der Waals surface area (Å²) in [5, 5.41) is 14.0. The summed E-state index contributed by atoms with van der Waals surface area (Å²) in [4.78, 5) is 0. The van der Waals surface area contributed by atoms with Gasteiger partial charge in [0, 0.05) is 17.9 Å². The molecule has 0 spiro atoms. The van der Waals surface area contributed by atoms with Crippen LogP contribution in [0.3, 0.4) is 0 Å². The number of hydrogen-bond acceptors (Lipinski definition) is 3. The predicted molar refractivity (Wildman–Crippen MR) is 81.5 cm³/mol. The van der Waals surface area contributed by atoms with E-state index in [0.717, 1.165) is 24.1 Å². The van der Waals surface area contributed by atoms with Gasteiger partial charge in [0.15, 0.2) is 0 Å². The molecular formula is C16H17NOS. The van der Waals surface area contributed by atoms with E-state index < -0.39 is 0 Å². The average Bonchev–Trinajstić information content (AvgIpc) is 2.93. The molecule has 0 saturated carbocycles. The summed E-state index contributed by atoms with van der Waals surface area (Å²) in [6.45, 7) is 1.09. The van der Waals surface area contributed by atoms with Crippen LogP contribution in [0.15, 0.2) is 48.5 Å². The highest BCUT2D eigenvalue weighted by atomic mass is 32.2. The molecule has 3 heteroatoms. The molecule has 1 aliphatic rings. The van der Waals surface area contributed by atoms with Gasteiger partial charge in [-0.25, -0.2) is 0 Å². The molecule has 0 amide bonds. The van der Waals surface area contributed by atoms with E-state index in [1.54, 1.807) is 6.07 Å². The molecule has 0 radical (unpaired) electrons. The van der Waals surface area contributed by atoms with Gasteiger partial charge in [-0.1, -0.05) is 42.5 Å². The van der Waals surface area contributed by atoms with Crippen LogP contribution in [-0.4, -0.2) is 22.8 Å². The smallest absolute Gasteiger partial charge is 0.123 e. The van der Waals surface area contributed by atoms with Crippen molar-refractivity contribution >= 4 is 11.8 Å². The molecule has 2 N–H and O–H groups in total. The van der Waals surface area contributed by atoms with Gasteiger partial charge < -0.3 is 10.4 Å². The van der Waals surface area contributed by atoms with Crippen molar-refractivity contribution in [2.24, 2.45) is 0 Å². The number of rotatable bonds is 3. The second kappa shape index (κ2) is 5.68. The van der Waals surface area contributed by atoms with E-state index in [1.165, 1.54) is 11.3 Å². The molecule has 1 unspecified atom stereocenters. The summed E-state index contributed by atoms with van der Waals surface area (Å²) in [5.41, 5.74) is 3.34. The van der Waals surface area contributed by atoms with Crippen LogP contribution in [0.25, 0.3) is 11.1 Å². The van der Waals surface area contributed by atoms with E-state index in [4.69, 9.17) is 0 Å². The Hall–Kier alpha value is -1.45. The van der Waals surface area contributed by atoms with Crippen LogP contribution in [0, 0.1) is 0 Å². The molecule has 1 saturated heterocycles. The first-order valence-corrected chi connectivity index (χ1v) is 7.61. The normalized spacial score (nSPS) is 18.6. The van der Waals surface area contributed by atoms with Gasteiger partial charge in [0.25, 0.3) is 0 Å². The van der Waals surface area contributed by atoms with Gasteiger partial charge >= 0.3 is 0 Å². The Labute approximate surface area is 117 Å². The maximum Gasteiger partial charge on any atom is 0.123 e. The molecule has 0 aromatic heterocycles. The number of para-hydroxylation sites is 1. The SMILES string of the molecule is Oc1ccccc1-c1ccccc1CC1NCCS1. The third-order valence-electron chi connectivity index (χ3n) is 3.41. The number of benzene rings is 2. The maximum absolute atomic E-state index is 10.0. The highest BCUT2D eigenvalue weighted by Crippen LogP contribution is 2.32. The van der Waals surface area contributed by atoms with Crippen LogP contribution in [0.5, 0.6) is 5.75 Å². The Balaban J connectivity index is 1.95. The van der Waals surface area contributed by atoms with Gasteiger partial charge in [0.1, 0.15) is 5.75 Å². The first-order valence-electron chi connectivity index (χ1n) is 6.56. The Morgan fingerprint density at radius 3 is 2.53 bits per heavy atom. The molecule has 1 atom stereocenters. The van der Waals surface area contributed by atoms with Gasteiger partial charge in [-0.15, -0.1) is 11.8 Å². The molecule has 2 nitrogen and oxygen atoms in total. The number of nitrogens with one attached hydrogen (secondary N) is 1. The lowest BCUT2D eigenvalue weighted by Gasteiger charge is -2.14. The van der Waals surface area contributed by atoms with Crippen LogP contribution in [0.4, 0.5) is 0 Å². The highest BCUT2D eigenvalue weighted by Gasteiger charge is 2.17. The molecule has 3 rings (SSSR count). The number of phenols is 1. The standard InChI is InChI=1S/C16H17NOS/c18-15-8-4-3-7-14(15)13-6-2-1-5-12(13)11-16-17-9-10-19-16/h1-8,16-18H,9-11H2. The van der Waals surface area contributed by atoms with Crippen molar-refractivity contribution in [3.8, 4) is 16.9 Å². The molecule has 2 aromatic rings. The van der Waals surface area contributed by atoms with Crippen molar-refractivity contribution in [1.82, 2.24) is 5.32 Å². The van der Waals surface area contributed by atoms with Crippen LogP contribution < -0.4 is 5.32 Å². The third kappa shape index (κ3) is 2.77. The summed E-state index contributed by atoms with van der Waals surface area (Å²) < 4.78 is 0. The van der Waals surface area contributed by atoms with Gasteiger partial charge in [-0.3, -0.25) is 0 Å². The topological polar surface area (TPSA) is 32.3 Å².